The van der Waals surface area contributed by atoms with E-state index in [4.69, 9.17) is 5.73 Å². The van der Waals surface area contributed by atoms with Crippen LogP contribution in [0.1, 0.15) is 31.7 Å². The molecule has 0 bridgehead atoms. The number of unbranched alkanes of at least 4 members (excludes halogenated alkanes) is 1. The van der Waals surface area contributed by atoms with Gasteiger partial charge in [0.1, 0.15) is 5.82 Å². The van der Waals surface area contributed by atoms with E-state index in [1.807, 2.05) is 19.2 Å². The van der Waals surface area contributed by atoms with Crippen molar-refractivity contribution < 1.29 is 4.39 Å². The number of hydrogen-bond acceptors (Lipinski definition) is 2. The van der Waals surface area contributed by atoms with Gasteiger partial charge in [0, 0.05) is 24.7 Å². The molecule has 17 heavy (non-hydrogen) atoms. The smallest absolute Gasteiger partial charge is 0.127 e. The molecule has 0 heterocycles. The van der Waals surface area contributed by atoms with E-state index in [1.54, 1.807) is 6.07 Å². The van der Waals surface area contributed by atoms with Gasteiger partial charge in [-0.05, 0) is 19.5 Å². The summed E-state index contributed by atoms with van der Waals surface area (Å²) >= 11 is 0. The van der Waals surface area contributed by atoms with Crippen LogP contribution in [-0.2, 0) is 6.54 Å². The Kier molecular flexibility index (Phi) is 6.16. The largest absolute Gasteiger partial charge is 0.327 e. The van der Waals surface area contributed by atoms with Gasteiger partial charge < -0.3 is 10.6 Å². The maximum atomic E-state index is 13.4. The molecule has 2 N–H and O–H groups in total. The highest BCUT2D eigenvalue weighted by Crippen LogP contribution is 2.09. The van der Waals surface area contributed by atoms with Gasteiger partial charge >= 0.3 is 0 Å². The van der Waals surface area contributed by atoms with Crippen LogP contribution in [-0.4, -0.2) is 24.5 Å². The first-order valence-electron chi connectivity index (χ1n) is 6.31. The summed E-state index contributed by atoms with van der Waals surface area (Å²) in [5, 5.41) is 0. The molecule has 0 aliphatic heterocycles. The second-order valence-corrected chi connectivity index (χ2v) is 4.69. The van der Waals surface area contributed by atoms with Crippen LogP contribution in [0.25, 0.3) is 0 Å². The lowest BCUT2D eigenvalue weighted by molar-refractivity contribution is 0.291. The summed E-state index contributed by atoms with van der Waals surface area (Å²) in [4.78, 5) is 2.08. The van der Waals surface area contributed by atoms with Crippen molar-refractivity contribution in [3.63, 3.8) is 0 Å². The Hall–Kier alpha value is -0.930. The standard InChI is InChI=1S/C14H23FN2/c1-3-4-8-13(16)11-17(2)10-12-7-5-6-9-14(12)15/h5-7,9,13H,3-4,8,10-11,16H2,1-2H3. The fraction of sp³-hybridized carbons (Fsp3) is 0.571. The van der Waals surface area contributed by atoms with Crippen molar-refractivity contribution in [1.29, 1.82) is 0 Å². The monoisotopic (exact) mass is 238 g/mol. The van der Waals surface area contributed by atoms with Crippen molar-refractivity contribution >= 4 is 0 Å². The third kappa shape index (κ3) is 5.29. The molecule has 0 amide bonds. The summed E-state index contributed by atoms with van der Waals surface area (Å²) in [5.74, 6) is -0.138. The Labute approximate surface area is 104 Å². The van der Waals surface area contributed by atoms with Gasteiger partial charge in [-0.3, -0.25) is 0 Å². The van der Waals surface area contributed by atoms with Crippen LogP contribution < -0.4 is 5.73 Å². The van der Waals surface area contributed by atoms with Crippen LogP contribution in [0, 0.1) is 5.82 Å². The molecule has 3 heteroatoms. The van der Waals surface area contributed by atoms with Gasteiger partial charge in [-0.1, -0.05) is 38.0 Å². The summed E-state index contributed by atoms with van der Waals surface area (Å²) < 4.78 is 13.4. The van der Waals surface area contributed by atoms with Gasteiger partial charge in [0.2, 0.25) is 0 Å². The maximum absolute atomic E-state index is 13.4. The zero-order valence-corrected chi connectivity index (χ0v) is 10.8. The molecule has 1 rings (SSSR count). The fourth-order valence-electron chi connectivity index (χ4n) is 1.94. The van der Waals surface area contributed by atoms with Crippen molar-refractivity contribution in [2.45, 2.75) is 38.8 Å². The third-order valence-corrected chi connectivity index (χ3v) is 2.87. The molecule has 0 spiro atoms. The van der Waals surface area contributed by atoms with Gasteiger partial charge in [0.05, 0.1) is 0 Å². The van der Waals surface area contributed by atoms with Crippen molar-refractivity contribution in [1.82, 2.24) is 4.90 Å². The Morgan fingerprint density at radius 2 is 2.06 bits per heavy atom. The highest BCUT2D eigenvalue weighted by Gasteiger charge is 2.08. The SMILES string of the molecule is CCCCC(N)CN(C)Cc1ccccc1F. The molecule has 0 radical (unpaired) electrons. The average molecular weight is 238 g/mol. The third-order valence-electron chi connectivity index (χ3n) is 2.87. The van der Waals surface area contributed by atoms with Crippen molar-refractivity contribution in [2.24, 2.45) is 5.73 Å². The number of nitrogens with two attached hydrogens (primary N) is 1. The normalized spacial score (nSPS) is 13.0. The molecule has 0 saturated carbocycles. The van der Waals surface area contributed by atoms with Gasteiger partial charge in [-0.25, -0.2) is 4.39 Å². The second kappa shape index (κ2) is 7.41. The molecule has 0 saturated heterocycles. The van der Waals surface area contributed by atoms with Crippen LogP contribution in [0.2, 0.25) is 0 Å². The van der Waals surface area contributed by atoms with E-state index < -0.39 is 0 Å². The highest BCUT2D eigenvalue weighted by atomic mass is 19.1. The van der Waals surface area contributed by atoms with Crippen LogP contribution in [0.3, 0.4) is 0 Å². The van der Waals surface area contributed by atoms with E-state index in [-0.39, 0.29) is 11.9 Å². The van der Waals surface area contributed by atoms with Crippen molar-refractivity contribution in [3.05, 3.63) is 35.6 Å². The molecule has 0 aliphatic carbocycles. The summed E-state index contributed by atoms with van der Waals surface area (Å²) in [7, 11) is 1.98. The van der Waals surface area contributed by atoms with Crippen LogP contribution >= 0.6 is 0 Å². The molecule has 2 nitrogen and oxygen atoms in total. The lowest BCUT2D eigenvalue weighted by Gasteiger charge is -2.21. The summed E-state index contributed by atoms with van der Waals surface area (Å²) in [6.07, 6.45) is 3.37. The van der Waals surface area contributed by atoms with Gasteiger partial charge in [-0.2, -0.15) is 0 Å². The zero-order chi connectivity index (χ0) is 12.7. The van der Waals surface area contributed by atoms with Crippen molar-refractivity contribution in [2.75, 3.05) is 13.6 Å². The zero-order valence-electron chi connectivity index (χ0n) is 10.8. The minimum Gasteiger partial charge on any atom is -0.327 e. The van der Waals surface area contributed by atoms with Gasteiger partial charge in [0.15, 0.2) is 0 Å². The van der Waals surface area contributed by atoms with Crippen molar-refractivity contribution in [3.8, 4) is 0 Å². The first-order valence-corrected chi connectivity index (χ1v) is 6.31. The molecule has 1 atom stereocenters. The molecule has 1 unspecified atom stereocenters. The summed E-state index contributed by atoms with van der Waals surface area (Å²) in [5.41, 5.74) is 6.75. The summed E-state index contributed by atoms with van der Waals surface area (Å²) in [6.45, 7) is 3.59. The molecular weight excluding hydrogens is 215 g/mol. The van der Waals surface area contributed by atoms with E-state index in [0.29, 0.717) is 6.54 Å². The number of benzene rings is 1. The maximum Gasteiger partial charge on any atom is 0.127 e. The Morgan fingerprint density at radius 1 is 1.35 bits per heavy atom. The van der Waals surface area contributed by atoms with Crippen LogP contribution in [0.5, 0.6) is 0 Å². The van der Waals surface area contributed by atoms with Crippen LogP contribution in [0.4, 0.5) is 4.39 Å². The second-order valence-electron chi connectivity index (χ2n) is 4.69. The van der Waals surface area contributed by atoms with E-state index in [0.717, 1.165) is 24.9 Å². The quantitative estimate of drug-likeness (QED) is 0.791. The lowest BCUT2D eigenvalue weighted by atomic mass is 10.1. The molecule has 96 valence electrons. The minimum absolute atomic E-state index is 0.138. The topological polar surface area (TPSA) is 29.3 Å². The molecule has 0 fully saturated rings. The lowest BCUT2D eigenvalue weighted by Crippen LogP contribution is -2.35. The van der Waals surface area contributed by atoms with Gasteiger partial charge in [-0.15, -0.1) is 0 Å². The molecular formula is C14H23FN2. The first kappa shape index (κ1) is 14.1. The van der Waals surface area contributed by atoms with Gasteiger partial charge in [0.25, 0.3) is 0 Å². The predicted molar refractivity (Wildman–Crippen MR) is 70.2 cm³/mol. The highest BCUT2D eigenvalue weighted by molar-refractivity contribution is 5.16. The molecule has 1 aromatic carbocycles. The average Bonchev–Trinajstić information content (AvgIpc) is 2.29. The number of rotatable bonds is 7. The molecule has 0 aromatic heterocycles. The Bertz CT molecular complexity index is 328. The van der Waals surface area contributed by atoms with E-state index >= 15 is 0 Å². The Morgan fingerprint density at radius 3 is 2.71 bits per heavy atom. The van der Waals surface area contributed by atoms with Crippen LogP contribution in [0.15, 0.2) is 24.3 Å². The fourth-order valence-corrected chi connectivity index (χ4v) is 1.94. The predicted octanol–water partition coefficient (Wildman–Crippen LogP) is 2.78. The van der Waals surface area contributed by atoms with E-state index in [9.17, 15) is 4.39 Å². The minimum atomic E-state index is -0.138. The summed E-state index contributed by atoms with van der Waals surface area (Å²) in [6, 6.07) is 7.09. The molecule has 0 aliphatic rings. The first-order chi connectivity index (χ1) is 8.13. The number of halogens is 1. The van der Waals surface area contributed by atoms with E-state index in [1.165, 1.54) is 12.5 Å². The Balaban J connectivity index is 2.39. The van der Waals surface area contributed by atoms with E-state index in [2.05, 4.69) is 11.8 Å². The number of likely N-dealkylation sites (N-methyl/N-ethyl adjacent to an activating group) is 1. The number of nitrogens with zero attached hydrogens (tertiary/aromatic N) is 1. The molecule has 1 aromatic rings. The number of hydrogen-bond donors (Lipinski definition) is 1.